The van der Waals surface area contributed by atoms with E-state index in [0.29, 0.717) is 5.75 Å². The zero-order valence-corrected chi connectivity index (χ0v) is 12.2. The highest BCUT2D eigenvalue weighted by molar-refractivity contribution is 7.98. The summed E-state index contributed by atoms with van der Waals surface area (Å²) in [5.74, 6) is 0.0603. The monoisotopic (exact) mass is 290 g/mol. The molecule has 5 heteroatoms. The Kier molecular flexibility index (Phi) is 4.86. The number of benzene rings is 2. The Morgan fingerprint density at radius 2 is 1.85 bits per heavy atom. The van der Waals surface area contributed by atoms with Crippen LogP contribution in [0.25, 0.3) is 0 Å². The highest BCUT2D eigenvalue weighted by atomic mass is 32.2. The lowest BCUT2D eigenvalue weighted by Gasteiger charge is -2.08. The maximum Gasteiger partial charge on any atom is 0.491 e. The van der Waals surface area contributed by atoms with Crippen molar-refractivity contribution >= 4 is 24.3 Å². The van der Waals surface area contributed by atoms with Crippen LogP contribution in [0.3, 0.4) is 0 Å². The first-order valence-corrected chi connectivity index (χ1v) is 7.30. The lowest BCUT2D eigenvalue weighted by molar-refractivity contribution is 0.423. The molecule has 0 unspecified atom stereocenters. The molecule has 0 saturated heterocycles. The molecule has 2 aromatic carbocycles. The van der Waals surface area contributed by atoms with Gasteiger partial charge in [0.1, 0.15) is 5.82 Å². The molecule has 0 heterocycles. The Morgan fingerprint density at radius 3 is 2.55 bits per heavy atom. The van der Waals surface area contributed by atoms with Crippen LogP contribution in [0.2, 0.25) is 0 Å². The van der Waals surface area contributed by atoms with Gasteiger partial charge in [0.25, 0.3) is 0 Å². The van der Waals surface area contributed by atoms with Gasteiger partial charge in [-0.25, -0.2) is 4.39 Å². The number of rotatable bonds is 4. The first-order valence-electron chi connectivity index (χ1n) is 6.32. The zero-order valence-electron chi connectivity index (χ0n) is 11.4. The quantitative estimate of drug-likeness (QED) is 0.671. The number of aryl methyl sites for hydroxylation is 2. The molecule has 0 radical (unpaired) electrons. The van der Waals surface area contributed by atoms with E-state index in [0.717, 1.165) is 5.56 Å². The van der Waals surface area contributed by atoms with Crippen LogP contribution in [-0.2, 0) is 5.75 Å². The van der Waals surface area contributed by atoms with Crippen molar-refractivity contribution < 1.29 is 14.4 Å². The molecule has 0 aromatic heterocycles. The molecule has 0 bridgehead atoms. The van der Waals surface area contributed by atoms with Gasteiger partial charge in [0, 0.05) is 16.1 Å². The van der Waals surface area contributed by atoms with Gasteiger partial charge >= 0.3 is 7.12 Å². The van der Waals surface area contributed by atoms with Gasteiger partial charge in [-0.1, -0.05) is 29.8 Å². The SMILES string of the molecule is Cc1ccc(C)c(SCc2ccc(F)c(B(O)O)c2)c1. The van der Waals surface area contributed by atoms with Gasteiger partial charge < -0.3 is 10.0 Å². The molecule has 20 heavy (non-hydrogen) atoms. The summed E-state index contributed by atoms with van der Waals surface area (Å²) in [6.07, 6.45) is 0. The number of hydrogen-bond acceptors (Lipinski definition) is 3. The molecule has 0 aliphatic carbocycles. The second-order valence-electron chi connectivity index (χ2n) is 4.79. The topological polar surface area (TPSA) is 40.5 Å². The zero-order chi connectivity index (χ0) is 14.7. The summed E-state index contributed by atoms with van der Waals surface area (Å²) in [5, 5.41) is 18.2. The Bertz CT molecular complexity index is 617. The van der Waals surface area contributed by atoms with Crippen LogP contribution in [-0.4, -0.2) is 17.2 Å². The van der Waals surface area contributed by atoms with Crippen LogP contribution >= 0.6 is 11.8 Å². The summed E-state index contributed by atoms with van der Waals surface area (Å²) in [5.41, 5.74) is 3.18. The molecular weight excluding hydrogens is 274 g/mol. The van der Waals surface area contributed by atoms with Gasteiger partial charge in [0.05, 0.1) is 0 Å². The van der Waals surface area contributed by atoms with Crippen LogP contribution in [0.15, 0.2) is 41.3 Å². The van der Waals surface area contributed by atoms with Gasteiger partial charge in [-0.2, -0.15) is 0 Å². The van der Waals surface area contributed by atoms with Gasteiger partial charge in [-0.05, 0) is 37.1 Å². The van der Waals surface area contributed by atoms with Crippen LogP contribution in [0.5, 0.6) is 0 Å². The smallest absolute Gasteiger partial charge is 0.423 e. The molecule has 2 N–H and O–H groups in total. The van der Waals surface area contributed by atoms with E-state index in [4.69, 9.17) is 10.0 Å². The summed E-state index contributed by atoms with van der Waals surface area (Å²) < 4.78 is 13.4. The van der Waals surface area contributed by atoms with E-state index in [1.165, 1.54) is 28.2 Å². The standard InChI is InChI=1S/C15H16BFO2S/c1-10-3-4-11(2)15(7-10)20-9-12-5-6-14(17)13(8-12)16(18)19/h3-8,18-19H,9H2,1-2H3. The van der Waals surface area contributed by atoms with E-state index in [-0.39, 0.29) is 5.46 Å². The molecule has 2 nitrogen and oxygen atoms in total. The van der Waals surface area contributed by atoms with Crippen molar-refractivity contribution in [2.24, 2.45) is 0 Å². The third kappa shape index (κ3) is 3.63. The van der Waals surface area contributed by atoms with Crippen LogP contribution in [0.4, 0.5) is 4.39 Å². The van der Waals surface area contributed by atoms with Crippen molar-refractivity contribution in [2.75, 3.05) is 0 Å². The highest BCUT2D eigenvalue weighted by Gasteiger charge is 2.16. The Morgan fingerprint density at radius 1 is 1.10 bits per heavy atom. The minimum Gasteiger partial charge on any atom is -0.423 e. The van der Waals surface area contributed by atoms with Crippen molar-refractivity contribution in [3.63, 3.8) is 0 Å². The highest BCUT2D eigenvalue weighted by Crippen LogP contribution is 2.26. The lowest BCUT2D eigenvalue weighted by atomic mass is 9.79. The fraction of sp³-hybridized carbons (Fsp3) is 0.200. The fourth-order valence-corrected chi connectivity index (χ4v) is 2.97. The molecule has 0 aliphatic heterocycles. The summed E-state index contributed by atoms with van der Waals surface area (Å²) >= 11 is 1.65. The van der Waals surface area contributed by atoms with Crippen LogP contribution in [0.1, 0.15) is 16.7 Å². The second kappa shape index (κ2) is 6.44. The van der Waals surface area contributed by atoms with Gasteiger partial charge in [0.15, 0.2) is 0 Å². The summed E-state index contributed by atoms with van der Waals surface area (Å²) in [6.45, 7) is 4.09. The average Bonchev–Trinajstić information content (AvgIpc) is 2.41. The average molecular weight is 290 g/mol. The maximum absolute atomic E-state index is 13.4. The van der Waals surface area contributed by atoms with E-state index in [9.17, 15) is 4.39 Å². The van der Waals surface area contributed by atoms with E-state index in [1.807, 2.05) is 6.92 Å². The first kappa shape index (κ1) is 15.1. The molecule has 2 aromatic rings. The van der Waals surface area contributed by atoms with Crippen molar-refractivity contribution in [3.8, 4) is 0 Å². The third-order valence-electron chi connectivity index (χ3n) is 3.08. The predicted molar refractivity (Wildman–Crippen MR) is 81.7 cm³/mol. The van der Waals surface area contributed by atoms with E-state index in [2.05, 4.69) is 25.1 Å². The van der Waals surface area contributed by atoms with E-state index < -0.39 is 12.9 Å². The van der Waals surface area contributed by atoms with Gasteiger partial charge in [0.2, 0.25) is 0 Å². The van der Waals surface area contributed by atoms with Crippen molar-refractivity contribution in [1.82, 2.24) is 0 Å². The predicted octanol–water partition coefficient (Wildman–Crippen LogP) is 2.41. The van der Waals surface area contributed by atoms with Gasteiger partial charge in [-0.15, -0.1) is 11.8 Å². The second-order valence-corrected chi connectivity index (χ2v) is 5.80. The van der Waals surface area contributed by atoms with E-state index in [1.54, 1.807) is 17.8 Å². The van der Waals surface area contributed by atoms with E-state index >= 15 is 0 Å². The first-order chi connectivity index (χ1) is 9.47. The Balaban J connectivity index is 2.15. The Labute approximate surface area is 122 Å². The number of hydrogen-bond donors (Lipinski definition) is 2. The number of thioether (sulfide) groups is 1. The lowest BCUT2D eigenvalue weighted by Crippen LogP contribution is -2.33. The number of halogens is 1. The summed E-state index contributed by atoms with van der Waals surface area (Å²) in [7, 11) is -1.78. The normalized spacial score (nSPS) is 10.7. The fourth-order valence-electron chi connectivity index (χ4n) is 1.90. The molecule has 0 amide bonds. The molecule has 0 atom stereocenters. The van der Waals surface area contributed by atoms with Crippen molar-refractivity contribution in [3.05, 3.63) is 58.9 Å². The van der Waals surface area contributed by atoms with Crippen LogP contribution in [0, 0.1) is 19.7 Å². The molecule has 2 rings (SSSR count). The maximum atomic E-state index is 13.4. The molecule has 104 valence electrons. The van der Waals surface area contributed by atoms with Crippen molar-refractivity contribution in [2.45, 2.75) is 24.5 Å². The van der Waals surface area contributed by atoms with Crippen LogP contribution < -0.4 is 5.46 Å². The van der Waals surface area contributed by atoms with Crippen molar-refractivity contribution in [1.29, 1.82) is 0 Å². The molecular formula is C15H16BFO2S. The Hall–Kier alpha value is -1.30. The third-order valence-corrected chi connectivity index (χ3v) is 4.31. The molecule has 0 saturated carbocycles. The van der Waals surface area contributed by atoms with Gasteiger partial charge in [-0.3, -0.25) is 0 Å². The molecule has 0 spiro atoms. The largest absolute Gasteiger partial charge is 0.491 e. The minimum absolute atomic E-state index is 0.0796. The summed E-state index contributed by atoms with van der Waals surface area (Å²) in [6, 6.07) is 10.7. The minimum atomic E-state index is -1.78. The molecule has 0 aliphatic rings. The summed E-state index contributed by atoms with van der Waals surface area (Å²) in [4.78, 5) is 1.18. The molecule has 0 fully saturated rings.